The van der Waals surface area contributed by atoms with Crippen molar-refractivity contribution in [3.63, 3.8) is 0 Å². The Morgan fingerprint density at radius 1 is 1.14 bits per heavy atom. The van der Waals surface area contributed by atoms with Gasteiger partial charge in [-0.3, -0.25) is 4.79 Å². The molecule has 3 rings (SSSR count). The van der Waals surface area contributed by atoms with Crippen molar-refractivity contribution in [2.45, 2.75) is 26.6 Å². The number of esters is 1. The molecule has 1 aromatic carbocycles. The number of carbonyl (C=O) groups is 2. The summed E-state index contributed by atoms with van der Waals surface area (Å²) in [5, 5.41) is 10.7. The summed E-state index contributed by atoms with van der Waals surface area (Å²) in [4.78, 5) is 24.5. The summed E-state index contributed by atoms with van der Waals surface area (Å²) in [5.41, 5.74) is 1.39. The van der Waals surface area contributed by atoms with Crippen LogP contribution >= 0.6 is 0 Å². The van der Waals surface area contributed by atoms with Gasteiger partial charge >= 0.3 is 12.1 Å². The first-order valence-electron chi connectivity index (χ1n) is 8.43. The monoisotopic (exact) mass is 407 g/mol. The third-order valence-electron chi connectivity index (χ3n) is 4.26. The highest BCUT2D eigenvalue weighted by Gasteiger charge is 2.30. The van der Waals surface area contributed by atoms with E-state index in [9.17, 15) is 22.8 Å². The summed E-state index contributed by atoms with van der Waals surface area (Å²) in [6.07, 6.45) is -3.02. The van der Waals surface area contributed by atoms with E-state index in [1.807, 2.05) is 0 Å². The third-order valence-corrected chi connectivity index (χ3v) is 4.26. The van der Waals surface area contributed by atoms with E-state index in [-0.39, 0.29) is 16.8 Å². The Labute approximate surface area is 162 Å². The van der Waals surface area contributed by atoms with Gasteiger partial charge in [-0.1, -0.05) is 0 Å². The lowest BCUT2D eigenvalue weighted by Crippen LogP contribution is -2.20. The lowest BCUT2D eigenvalue weighted by Gasteiger charge is -2.12. The van der Waals surface area contributed by atoms with Crippen molar-refractivity contribution in [3.05, 3.63) is 59.2 Å². The molecule has 0 saturated heterocycles. The number of alkyl halides is 3. The molecule has 0 aliphatic heterocycles. The fourth-order valence-corrected chi connectivity index (χ4v) is 2.83. The SMILES string of the molecule is Cc1cc(C(=O)COC(=O)c2ccc(-n3cnnn3)cc2)c(C)n1CC(F)(F)F. The van der Waals surface area contributed by atoms with Crippen molar-refractivity contribution in [1.29, 1.82) is 0 Å². The largest absolute Gasteiger partial charge is 0.454 e. The third kappa shape index (κ3) is 4.68. The standard InChI is InChI=1S/C18H16F3N5O3/c1-11-7-15(12(2)25(11)9-18(19,20)21)16(27)8-29-17(28)13-3-5-14(6-4-13)26-10-22-23-24-26/h3-7,10H,8-9H2,1-2H3. The Balaban J connectivity index is 1.65. The zero-order chi connectivity index (χ0) is 21.2. The first-order valence-corrected chi connectivity index (χ1v) is 8.43. The van der Waals surface area contributed by atoms with E-state index in [1.54, 1.807) is 12.1 Å². The summed E-state index contributed by atoms with van der Waals surface area (Å²) in [5.74, 6) is -1.31. The van der Waals surface area contributed by atoms with Crippen molar-refractivity contribution in [1.82, 2.24) is 24.8 Å². The molecule has 0 N–H and O–H groups in total. The predicted octanol–water partition coefficient (Wildman–Crippen LogP) is 2.68. The molecule has 0 fully saturated rings. The lowest BCUT2D eigenvalue weighted by molar-refractivity contribution is -0.141. The van der Waals surface area contributed by atoms with Gasteiger partial charge in [0.05, 0.1) is 11.3 Å². The van der Waals surface area contributed by atoms with Gasteiger partial charge in [0.25, 0.3) is 0 Å². The van der Waals surface area contributed by atoms with Crippen LogP contribution in [0.2, 0.25) is 0 Å². The Morgan fingerprint density at radius 2 is 1.83 bits per heavy atom. The van der Waals surface area contributed by atoms with Gasteiger partial charge in [-0.15, -0.1) is 5.10 Å². The van der Waals surface area contributed by atoms with Gasteiger partial charge in [0.15, 0.2) is 6.61 Å². The van der Waals surface area contributed by atoms with Gasteiger partial charge in [-0.2, -0.15) is 13.2 Å². The highest BCUT2D eigenvalue weighted by atomic mass is 19.4. The van der Waals surface area contributed by atoms with E-state index in [1.165, 1.54) is 43.1 Å². The Bertz CT molecular complexity index is 1020. The number of rotatable bonds is 6. The molecule has 0 radical (unpaired) electrons. The van der Waals surface area contributed by atoms with Crippen molar-refractivity contribution in [2.75, 3.05) is 6.61 Å². The molecule has 0 unspecified atom stereocenters. The molecule has 0 aliphatic carbocycles. The number of benzene rings is 1. The Kier molecular flexibility index (Phi) is 5.48. The molecule has 0 atom stereocenters. The minimum absolute atomic E-state index is 0.0913. The number of hydrogen-bond acceptors (Lipinski definition) is 6. The first-order chi connectivity index (χ1) is 13.7. The van der Waals surface area contributed by atoms with E-state index in [0.29, 0.717) is 11.4 Å². The number of carbonyl (C=O) groups excluding carboxylic acids is 2. The van der Waals surface area contributed by atoms with Crippen molar-refractivity contribution >= 4 is 11.8 Å². The van der Waals surface area contributed by atoms with Gasteiger partial charge in [-0.25, -0.2) is 9.48 Å². The van der Waals surface area contributed by atoms with Crippen LogP contribution in [0.25, 0.3) is 5.69 Å². The van der Waals surface area contributed by atoms with Gasteiger partial charge in [-0.05, 0) is 54.6 Å². The molecule has 152 valence electrons. The summed E-state index contributed by atoms with van der Waals surface area (Å²) >= 11 is 0. The lowest BCUT2D eigenvalue weighted by atomic mass is 10.1. The number of aryl methyl sites for hydroxylation is 1. The van der Waals surface area contributed by atoms with Crippen LogP contribution in [-0.2, 0) is 11.3 Å². The van der Waals surface area contributed by atoms with Crippen LogP contribution in [0.3, 0.4) is 0 Å². The zero-order valence-corrected chi connectivity index (χ0v) is 15.5. The number of ketones is 1. The molecule has 0 aliphatic rings. The number of halogens is 3. The number of hydrogen-bond donors (Lipinski definition) is 0. The summed E-state index contributed by atoms with van der Waals surface area (Å²) in [6, 6.07) is 7.52. The zero-order valence-electron chi connectivity index (χ0n) is 15.5. The average Bonchev–Trinajstić information content (AvgIpc) is 3.29. The topological polar surface area (TPSA) is 91.9 Å². The molecule has 0 amide bonds. The number of Topliss-reactive ketones (excluding diaryl/α,β-unsaturated/α-hetero) is 1. The maximum Gasteiger partial charge on any atom is 0.406 e. The van der Waals surface area contributed by atoms with Crippen molar-refractivity contribution < 1.29 is 27.5 Å². The van der Waals surface area contributed by atoms with Crippen molar-refractivity contribution in [2.24, 2.45) is 0 Å². The summed E-state index contributed by atoms with van der Waals surface area (Å²) < 4.78 is 45.5. The molecule has 11 heteroatoms. The van der Waals surface area contributed by atoms with Crippen LogP contribution in [0.4, 0.5) is 13.2 Å². The molecule has 0 saturated carbocycles. The Morgan fingerprint density at radius 3 is 2.41 bits per heavy atom. The molecule has 29 heavy (non-hydrogen) atoms. The van der Waals surface area contributed by atoms with E-state index in [4.69, 9.17) is 4.74 Å². The van der Waals surface area contributed by atoms with E-state index in [0.717, 1.165) is 4.57 Å². The molecule has 8 nitrogen and oxygen atoms in total. The highest BCUT2D eigenvalue weighted by Crippen LogP contribution is 2.23. The van der Waals surface area contributed by atoms with Gasteiger partial charge in [0.2, 0.25) is 5.78 Å². The molecule has 3 aromatic rings. The second-order valence-electron chi connectivity index (χ2n) is 6.29. The van der Waals surface area contributed by atoms with Gasteiger partial charge in [0, 0.05) is 17.0 Å². The number of ether oxygens (including phenoxy) is 1. The van der Waals surface area contributed by atoms with Gasteiger partial charge < -0.3 is 9.30 Å². The average molecular weight is 407 g/mol. The normalized spacial score (nSPS) is 11.5. The minimum Gasteiger partial charge on any atom is -0.454 e. The summed E-state index contributed by atoms with van der Waals surface area (Å²) in [7, 11) is 0. The van der Waals surface area contributed by atoms with Crippen molar-refractivity contribution in [3.8, 4) is 5.69 Å². The highest BCUT2D eigenvalue weighted by molar-refractivity contribution is 6.00. The molecule has 2 heterocycles. The number of nitrogens with zero attached hydrogens (tertiary/aromatic N) is 5. The molecular formula is C18H16F3N5O3. The van der Waals surface area contributed by atoms with Gasteiger partial charge in [0.1, 0.15) is 12.9 Å². The maximum atomic E-state index is 12.7. The van der Waals surface area contributed by atoms with Crippen LogP contribution in [0.15, 0.2) is 36.7 Å². The maximum absolute atomic E-state index is 12.7. The van der Waals surface area contributed by atoms with Crippen LogP contribution in [0.1, 0.15) is 32.1 Å². The molecule has 0 bridgehead atoms. The second-order valence-corrected chi connectivity index (χ2v) is 6.29. The second kappa shape index (κ2) is 7.86. The first kappa shape index (κ1) is 20.2. The van der Waals surface area contributed by atoms with Crippen LogP contribution < -0.4 is 0 Å². The fourth-order valence-electron chi connectivity index (χ4n) is 2.83. The Hall–Kier alpha value is -3.50. The molecular weight excluding hydrogens is 391 g/mol. The van der Waals surface area contributed by atoms with E-state index in [2.05, 4.69) is 15.5 Å². The van der Waals surface area contributed by atoms with Crippen LogP contribution in [0.5, 0.6) is 0 Å². The van der Waals surface area contributed by atoms with Crippen LogP contribution in [-0.4, -0.2) is 49.3 Å². The van der Waals surface area contributed by atoms with E-state index >= 15 is 0 Å². The predicted molar refractivity (Wildman–Crippen MR) is 93.7 cm³/mol. The summed E-state index contributed by atoms with van der Waals surface area (Å²) in [6.45, 7) is 1.13. The smallest absolute Gasteiger partial charge is 0.406 e. The van der Waals surface area contributed by atoms with Crippen LogP contribution in [0, 0.1) is 13.8 Å². The quantitative estimate of drug-likeness (QED) is 0.461. The number of tetrazole rings is 1. The minimum atomic E-state index is -4.41. The molecule has 0 spiro atoms. The molecule has 2 aromatic heterocycles. The van der Waals surface area contributed by atoms with E-state index < -0.39 is 31.1 Å². The fraction of sp³-hybridized carbons (Fsp3) is 0.278. The number of aromatic nitrogens is 5.